The lowest BCUT2D eigenvalue weighted by molar-refractivity contribution is -0.146. The summed E-state index contributed by atoms with van der Waals surface area (Å²) in [7, 11) is 0. The second-order valence-electron chi connectivity index (χ2n) is 7.21. The molecular weight excluding hydrogens is 412 g/mol. The van der Waals surface area contributed by atoms with Crippen molar-refractivity contribution in [1.29, 1.82) is 0 Å². The highest BCUT2D eigenvalue weighted by molar-refractivity contribution is 6.04. The van der Waals surface area contributed by atoms with Crippen molar-refractivity contribution >= 4 is 18.0 Å². The molecule has 0 bridgehead atoms. The molecule has 8 nitrogen and oxygen atoms in total. The molecule has 0 unspecified atom stereocenters. The van der Waals surface area contributed by atoms with Crippen LogP contribution in [0.3, 0.4) is 0 Å². The number of hydrogen-bond acceptors (Lipinski definition) is 7. The molecule has 0 aliphatic carbocycles. The van der Waals surface area contributed by atoms with Crippen LogP contribution >= 0.6 is 0 Å². The molecule has 0 aromatic heterocycles. The minimum Gasteiger partial charge on any atom is -0.463 e. The van der Waals surface area contributed by atoms with Gasteiger partial charge in [0.1, 0.15) is 6.61 Å². The van der Waals surface area contributed by atoms with Crippen LogP contribution < -0.4 is 0 Å². The number of amides is 1. The highest BCUT2D eigenvalue weighted by atomic mass is 16.6. The minimum absolute atomic E-state index is 0.0521. The number of rotatable bonds is 6. The van der Waals surface area contributed by atoms with Crippen molar-refractivity contribution in [3.63, 3.8) is 0 Å². The van der Waals surface area contributed by atoms with Crippen LogP contribution in [0.5, 0.6) is 0 Å². The number of fused-ring (bicyclic) bond motifs is 1. The quantitative estimate of drug-likeness (QED) is 0.506. The van der Waals surface area contributed by atoms with Gasteiger partial charge in [-0.1, -0.05) is 60.7 Å². The molecule has 4 rings (SSSR count). The molecule has 32 heavy (non-hydrogen) atoms. The van der Waals surface area contributed by atoms with Gasteiger partial charge in [-0.05, 0) is 25.0 Å². The third-order valence-corrected chi connectivity index (χ3v) is 5.36. The maximum Gasteiger partial charge on any atom is 0.429 e. The van der Waals surface area contributed by atoms with Crippen molar-refractivity contribution in [3.05, 3.63) is 83.1 Å². The summed E-state index contributed by atoms with van der Waals surface area (Å²) in [6, 6.07) is 17.5. The number of carbonyl (C=O) groups excluding carboxylic acids is 3. The van der Waals surface area contributed by atoms with Crippen molar-refractivity contribution in [2.45, 2.75) is 25.9 Å². The Kier molecular flexibility index (Phi) is 6.23. The van der Waals surface area contributed by atoms with E-state index in [1.807, 2.05) is 60.7 Å². The van der Waals surface area contributed by atoms with Crippen LogP contribution in [0.4, 0.5) is 4.79 Å². The lowest BCUT2D eigenvalue weighted by atomic mass is 9.95. The second-order valence-corrected chi connectivity index (χ2v) is 7.21. The Balaban J connectivity index is 1.94. The molecule has 2 aromatic carbocycles. The summed E-state index contributed by atoms with van der Waals surface area (Å²) >= 11 is 0. The van der Waals surface area contributed by atoms with E-state index in [-0.39, 0.29) is 31.1 Å². The molecule has 2 atom stereocenters. The highest BCUT2D eigenvalue weighted by Gasteiger charge is 2.54. The number of hydrazine groups is 1. The monoisotopic (exact) mass is 436 g/mol. The smallest absolute Gasteiger partial charge is 0.429 e. The van der Waals surface area contributed by atoms with Gasteiger partial charge in [0.25, 0.3) is 0 Å². The molecule has 2 aliphatic rings. The van der Waals surface area contributed by atoms with E-state index in [4.69, 9.17) is 14.2 Å². The Hall–Kier alpha value is -3.65. The van der Waals surface area contributed by atoms with E-state index in [2.05, 4.69) is 0 Å². The molecule has 2 heterocycles. The first-order valence-corrected chi connectivity index (χ1v) is 10.5. The van der Waals surface area contributed by atoms with Gasteiger partial charge in [-0.2, -0.15) is 10.0 Å². The molecule has 0 spiro atoms. The Morgan fingerprint density at radius 2 is 1.47 bits per heavy atom. The van der Waals surface area contributed by atoms with Crippen molar-refractivity contribution in [2.24, 2.45) is 0 Å². The summed E-state index contributed by atoms with van der Waals surface area (Å²) in [5.41, 5.74) is 1.48. The van der Waals surface area contributed by atoms with Crippen molar-refractivity contribution in [1.82, 2.24) is 10.0 Å². The van der Waals surface area contributed by atoms with Gasteiger partial charge in [-0.25, -0.2) is 14.4 Å². The largest absolute Gasteiger partial charge is 0.463 e. The molecule has 1 fully saturated rings. The van der Waals surface area contributed by atoms with Gasteiger partial charge in [0, 0.05) is 0 Å². The van der Waals surface area contributed by atoms with E-state index in [1.54, 1.807) is 18.9 Å². The Bertz CT molecular complexity index is 1040. The second kappa shape index (κ2) is 9.23. The van der Waals surface area contributed by atoms with Gasteiger partial charge >= 0.3 is 18.0 Å². The van der Waals surface area contributed by atoms with Crippen LogP contribution in [-0.2, 0) is 23.8 Å². The zero-order chi connectivity index (χ0) is 22.7. The van der Waals surface area contributed by atoms with Crippen LogP contribution in [-0.4, -0.2) is 47.9 Å². The van der Waals surface area contributed by atoms with Crippen LogP contribution in [0.1, 0.15) is 37.1 Å². The molecule has 0 N–H and O–H groups in total. The summed E-state index contributed by atoms with van der Waals surface area (Å²) in [6.07, 6.45) is -0.750. The fourth-order valence-corrected chi connectivity index (χ4v) is 4.09. The molecule has 0 radical (unpaired) electrons. The van der Waals surface area contributed by atoms with Gasteiger partial charge in [-0.15, -0.1) is 0 Å². The molecule has 166 valence electrons. The first-order chi connectivity index (χ1) is 15.6. The lowest BCUT2D eigenvalue weighted by Gasteiger charge is -2.42. The standard InChI is InChI=1S/C24H24N2O6/c1-3-30-22(27)19-20(17-13-9-6-10-14-17)25-18(16-11-7-5-8-12-16)15-32-24(29)26(25)21(19)23(28)31-4-2/h5-14,18,20H,3-4,15H2,1-2H3/t18-,20-/m0/s1. The zero-order valence-corrected chi connectivity index (χ0v) is 17.9. The normalized spacial score (nSPS) is 20.6. The average molecular weight is 436 g/mol. The highest BCUT2D eigenvalue weighted by Crippen LogP contribution is 2.48. The first kappa shape index (κ1) is 21.6. The third-order valence-electron chi connectivity index (χ3n) is 5.36. The molecule has 8 heteroatoms. The van der Waals surface area contributed by atoms with Gasteiger partial charge in [-0.3, -0.25) is 0 Å². The van der Waals surface area contributed by atoms with Crippen molar-refractivity contribution in [2.75, 3.05) is 19.8 Å². The summed E-state index contributed by atoms with van der Waals surface area (Å²) in [5, 5.41) is 2.85. The van der Waals surface area contributed by atoms with Crippen LogP contribution in [0, 0.1) is 0 Å². The molecular formula is C24H24N2O6. The van der Waals surface area contributed by atoms with E-state index < -0.39 is 30.1 Å². The van der Waals surface area contributed by atoms with E-state index in [9.17, 15) is 14.4 Å². The fraction of sp³-hybridized carbons (Fsp3) is 0.292. The summed E-state index contributed by atoms with van der Waals surface area (Å²) in [6.45, 7) is 3.61. The average Bonchev–Trinajstić information content (AvgIpc) is 3.18. The lowest BCUT2D eigenvalue weighted by Crippen LogP contribution is -2.52. The van der Waals surface area contributed by atoms with Crippen molar-refractivity contribution < 1.29 is 28.6 Å². The zero-order valence-electron chi connectivity index (χ0n) is 17.9. The van der Waals surface area contributed by atoms with Gasteiger partial charge in [0.15, 0.2) is 5.70 Å². The first-order valence-electron chi connectivity index (χ1n) is 10.5. The van der Waals surface area contributed by atoms with Gasteiger partial charge in [0.05, 0.1) is 30.9 Å². The van der Waals surface area contributed by atoms with E-state index in [1.165, 1.54) is 0 Å². The summed E-state index contributed by atoms with van der Waals surface area (Å²) < 4.78 is 16.0. The number of carbonyl (C=O) groups is 3. The van der Waals surface area contributed by atoms with E-state index in [0.29, 0.717) is 0 Å². The number of hydrogen-bond donors (Lipinski definition) is 0. The summed E-state index contributed by atoms with van der Waals surface area (Å²) in [5.74, 6) is -1.47. The van der Waals surface area contributed by atoms with Crippen LogP contribution in [0.15, 0.2) is 71.9 Å². The number of benzene rings is 2. The van der Waals surface area contributed by atoms with Crippen LogP contribution in [0.2, 0.25) is 0 Å². The van der Waals surface area contributed by atoms with Gasteiger partial charge in [0.2, 0.25) is 0 Å². The van der Waals surface area contributed by atoms with Crippen LogP contribution in [0.25, 0.3) is 0 Å². The molecule has 1 saturated heterocycles. The van der Waals surface area contributed by atoms with E-state index >= 15 is 0 Å². The Morgan fingerprint density at radius 3 is 2.06 bits per heavy atom. The molecule has 2 aromatic rings. The summed E-state index contributed by atoms with van der Waals surface area (Å²) in [4.78, 5) is 39.1. The van der Waals surface area contributed by atoms with Gasteiger partial charge < -0.3 is 14.2 Å². The Labute approximate surface area is 185 Å². The Morgan fingerprint density at radius 1 is 0.906 bits per heavy atom. The molecule has 2 aliphatic heterocycles. The number of nitrogens with zero attached hydrogens (tertiary/aromatic N) is 2. The predicted octanol–water partition coefficient (Wildman–Crippen LogP) is 3.53. The SMILES string of the molecule is CCOC(=O)C1=C(C(=O)OCC)N2C(=O)OC[C@@H](c3ccccc3)N2[C@H]1c1ccccc1. The predicted molar refractivity (Wildman–Crippen MR) is 114 cm³/mol. The maximum absolute atomic E-state index is 13.1. The number of ether oxygens (including phenoxy) is 3. The fourth-order valence-electron chi connectivity index (χ4n) is 4.09. The topological polar surface area (TPSA) is 85.4 Å². The minimum atomic E-state index is -0.787. The van der Waals surface area contributed by atoms with Crippen molar-refractivity contribution in [3.8, 4) is 0 Å². The van der Waals surface area contributed by atoms with E-state index in [0.717, 1.165) is 16.1 Å². The maximum atomic E-state index is 13.1. The third kappa shape index (κ3) is 3.73. The molecule has 1 amide bonds. The molecule has 0 saturated carbocycles. The number of esters is 2. The number of cyclic esters (lactones) is 1.